The Bertz CT molecular complexity index is 236. The lowest BCUT2D eigenvalue weighted by molar-refractivity contribution is -0.128. The van der Waals surface area contributed by atoms with E-state index in [4.69, 9.17) is 5.73 Å². The summed E-state index contributed by atoms with van der Waals surface area (Å²) in [4.78, 5) is 12.1. The first kappa shape index (κ1) is 10.2. The van der Waals surface area contributed by atoms with Crippen LogP contribution >= 0.6 is 0 Å². The molecule has 2 nitrogen and oxygen atoms in total. The fourth-order valence-electron chi connectivity index (χ4n) is 3.29. The van der Waals surface area contributed by atoms with Crippen LogP contribution in [0.1, 0.15) is 39.5 Å². The summed E-state index contributed by atoms with van der Waals surface area (Å²) in [5.41, 5.74) is 6.14. The fourth-order valence-corrected chi connectivity index (χ4v) is 3.29. The zero-order valence-electron chi connectivity index (χ0n) is 9.20. The molecular formula is C12H21NO. The second-order valence-electron chi connectivity index (χ2n) is 5.15. The first-order chi connectivity index (χ1) is 6.65. The smallest absolute Gasteiger partial charge is 0.140 e. The van der Waals surface area contributed by atoms with Gasteiger partial charge in [0, 0.05) is 17.9 Å². The summed E-state index contributed by atoms with van der Waals surface area (Å²) >= 11 is 0. The van der Waals surface area contributed by atoms with Crippen molar-refractivity contribution < 1.29 is 4.79 Å². The molecule has 0 aromatic rings. The van der Waals surface area contributed by atoms with Gasteiger partial charge in [0.05, 0.1) is 0 Å². The highest BCUT2D eigenvalue weighted by atomic mass is 16.1. The van der Waals surface area contributed by atoms with Crippen molar-refractivity contribution in [2.24, 2.45) is 29.4 Å². The van der Waals surface area contributed by atoms with E-state index in [1.165, 1.54) is 19.3 Å². The van der Waals surface area contributed by atoms with E-state index >= 15 is 0 Å². The topological polar surface area (TPSA) is 43.1 Å². The molecule has 5 atom stereocenters. The van der Waals surface area contributed by atoms with Crippen molar-refractivity contribution in [2.75, 3.05) is 0 Å². The first-order valence-corrected chi connectivity index (χ1v) is 5.94. The van der Waals surface area contributed by atoms with Crippen LogP contribution in [0.2, 0.25) is 0 Å². The zero-order valence-corrected chi connectivity index (χ0v) is 9.20. The highest BCUT2D eigenvalue weighted by molar-refractivity contribution is 5.84. The maximum Gasteiger partial charge on any atom is 0.140 e. The molecule has 80 valence electrons. The molecule has 0 aromatic heterocycles. The summed E-state index contributed by atoms with van der Waals surface area (Å²) in [6, 6.07) is 0.176. The van der Waals surface area contributed by atoms with E-state index in [0.29, 0.717) is 17.6 Å². The van der Waals surface area contributed by atoms with Crippen LogP contribution in [0.3, 0.4) is 0 Å². The predicted octanol–water partition coefficient (Wildman–Crippen LogP) is 1.98. The van der Waals surface area contributed by atoms with Crippen molar-refractivity contribution >= 4 is 5.78 Å². The normalized spacial score (nSPS) is 42.8. The molecule has 2 N–H and O–H groups in total. The van der Waals surface area contributed by atoms with E-state index in [2.05, 4.69) is 6.92 Å². The number of rotatable bonds is 3. The van der Waals surface area contributed by atoms with Crippen LogP contribution in [-0.2, 0) is 4.79 Å². The van der Waals surface area contributed by atoms with Gasteiger partial charge in [0.25, 0.3) is 0 Å². The molecule has 0 amide bonds. The zero-order chi connectivity index (χ0) is 10.3. The summed E-state index contributed by atoms with van der Waals surface area (Å²) in [7, 11) is 0. The number of nitrogens with two attached hydrogens (primary N) is 1. The third-order valence-electron chi connectivity index (χ3n) is 4.41. The Morgan fingerprint density at radius 1 is 1.43 bits per heavy atom. The SMILES string of the molecule is CCC(C)C(=O)C1C2CCC(C2)C1N. The average Bonchev–Trinajstić information content (AvgIpc) is 2.75. The van der Waals surface area contributed by atoms with Gasteiger partial charge in [-0.25, -0.2) is 0 Å². The number of carbonyl (C=O) groups is 1. The second kappa shape index (κ2) is 3.65. The summed E-state index contributed by atoms with van der Waals surface area (Å²) in [5, 5.41) is 0. The van der Waals surface area contributed by atoms with Crippen LogP contribution in [0, 0.1) is 23.7 Å². The maximum absolute atomic E-state index is 12.1. The summed E-state index contributed by atoms with van der Waals surface area (Å²) in [6.45, 7) is 4.13. The molecule has 2 saturated carbocycles. The molecule has 14 heavy (non-hydrogen) atoms. The number of fused-ring (bicyclic) bond motifs is 2. The molecule has 2 fully saturated rings. The van der Waals surface area contributed by atoms with Gasteiger partial charge < -0.3 is 5.73 Å². The Balaban J connectivity index is 2.08. The Hall–Kier alpha value is -0.370. The molecule has 0 radical (unpaired) electrons. The second-order valence-corrected chi connectivity index (χ2v) is 5.15. The molecule has 0 aliphatic heterocycles. The van der Waals surface area contributed by atoms with Gasteiger partial charge in [-0.2, -0.15) is 0 Å². The van der Waals surface area contributed by atoms with Crippen LogP contribution in [0.15, 0.2) is 0 Å². The van der Waals surface area contributed by atoms with E-state index in [9.17, 15) is 4.79 Å². The Kier molecular flexibility index (Phi) is 2.65. The predicted molar refractivity (Wildman–Crippen MR) is 56.8 cm³/mol. The van der Waals surface area contributed by atoms with Crippen LogP contribution in [0.25, 0.3) is 0 Å². The fraction of sp³-hybridized carbons (Fsp3) is 0.917. The Morgan fingerprint density at radius 2 is 2.07 bits per heavy atom. The van der Waals surface area contributed by atoms with Gasteiger partial charge in [-0.15, -0.1) is 0 Å². The van der Waals surface area contributed by atoms with Crippen molar-refractivity contribution in [3.05, 3.63) is 0 Å². The van der Waals surface area contributed by atoms with Crippen molar-refractivity contribution in [1.82, 2.24) is 0 Å². The number of Topliss-reactive ketones (excluding diaryl/α,β-unsaturated/α-hetero) is 1. The standard InChI is InChI=1S/C12H21NO/c1-3-7(2)12(14)10-8-4-5-9(6-8)11(10)13/h7-11H,3-6,13H2,1-2H3. The lowest BCUT2D eigenvalue weighted by Crippen LogP contribution is -2.42. The molecule has 2 bridgehead atoms. The van der Waals surface area contributed by atoms with Crippen LogP contribution < -0.4 is 5.73 Å². The Labute approximate surface area is 86.2 Å². The molecule has 2 rings (SSSR count). The molecule has 5 unspecified atom stereocenters. The Morgan fingerprint density at radius 3 is 2.57 bits per heavy atom. The molecule has 0 saturated heterocycles. The van der Waals surface area contributed by atoms with E-state index < -0.39 is 0 Å². The minimum absolute atomic E-state index is 0.176. The molecule has 2 aliphatic carbocycles. The monoisotopic (exact) mass is 195 g/mol. The maximum atomic E-state index is 12.1. The van der Waals surface area contributed by atoms with E-state index in [1.54, 1.807) is 0 Å². The van der Waals surface area contributed by atoms with Gasteiger partial charge in [0.1, 0.15) is 5.78 Å². The van der Waals surface area contributed by atoms with Crippen LogP contribution in [-0.4, -0.2) is 11.8 Å². The molecule has 0 heterocycles. The van der Waals surface area contributed by atoms with Crippen LogP contribution in [0.5, 0.6) is 0 Å². The molecule has 2 aliphatic rings. The van der Waals surface area contributed by atoms with Gasteiger partial charge in [-0.05, 0) is 37.5 Å². The largest absolute Gasteiger partial charge is 0.327 e. The number of hydrogen-bond acceptors (Lipinski definition) is 2. The lowest BCUT2D eigenvalue weighted by Gasteiger charge is -2.28. The van der Waals surface area contributed by atoms with Gasteiger partial charge in [0.15, 0.2) is 0 Å². The summed E-state index contributed by atoms with van der Waals surface area (Å²) < 4.78 is 0. The van der Waals surface area contributed by atoms with E-state index in [0.717, 1.165) is 6.42 Å². The van der Waals surface area contributed by atoms with Crippen molar-refractivity contribution in [2.45, 2.75) is 45.6 Å². The van der Waals surface area contributed by atoms with Crippen molar-refractivity contribution in [3.63, 3.8) is 0 Å². The van der Waals surface area contributed by atoms with Crippen molar-refractivity contribution in [1.29, 1.82) is 0 Å². The molecule has 2 heteroatoms. The minimum Gasteiger partial charge on any atom is -0.327 e. The third-order valence-corrected chi connectivity index (χ3v) is 4.41. The van der Waals surface area contributed by atoms with Gasteiger partial charge in [-0.3, -0.25) is 4.79 Å². The number of carbonyl (C=O) groups excluding carboxylic acids is 1. The average molecular weight is 195 g/mol. The number of ketones is 1. The highest BCUT2D eigenvalue weighted by Crippen LogP contribution is 2.48. The lowest BCUT2D eigenvalue weighted by atomic mass is 9.78. The van der Waals surface area contributed by atoms with Crippen molar-refractivity contribution in [3.8, 4) is 0 Å². The van der Waals surface area contributed by atoms with Crippen LogP contribution in [0.4, 0.5) is 0 Å². The quantitative estimate of drug-likeness (QED) is 0.748. The minimum atomic E-state index is 0.176. The molecule has 0 spiro atoms. The van der Waals surface area contributed by atoms with Gasteiger partial charge >= 0.3 is 0 Å². The molecular weight excluding hydrogens is 174 g/mol. The highest BCUT2D eigenvalue weighted by Gasteiger charge is 2.49. The van der Waals surface area contributed by atoms with E-state index in [-0.39, 0.29) is 17.9 Å². The van der Waals surface area contributed by atoms with Gasteiger partial charge in [-0.1, -0.05) is 13.8 Å². The number of hydrogen-bond donors (Lipinski definition) is 1. The first-order valence-electron chi connectivity index (χ1n) is 5.94. The summed E-state index contributed by atoms with van der Waals surface area (Å²) in [6.07, 6.45) is 4.68. The van der Waals surface area contributed by atoms with Gasteiger partial charge in [0.2, 0.25) is 0 Å². The third kappa shape index (κ3) is 1.40. The summed E-state index contributed by atoms with van der Waals surface area (Å²) in [5.74, 6) is 2.12. The molecule has 0 aromatic carbocycles. The van der Waals surface area contributed by atoms with E-state index in [1.807, 2.05) is 6.92 Å².